The van der Waals surface area contributed by atoms with E-state index in [-0.39, 0.29) is 18.3 Å². The van der Waals surface area contributed by atoms with Crippen LogP contribution in [0.25, 0.3) is 22.3 Å². The largest absolute Gasteiger partial charge is 0.495 e. The molecule has 7 heterocycles. The van der Waals surface area contributed by atoms with Gasteiger partial charge in [0.1, 0.15) is 23.7 Å². The minimum atomic E-state index is -0.365. The Kier molecular flexibility index (Phi) is 8.59. The summed E-state index contributed by atoms with van der Waals surface area (Å²) in [6.45, 7) is 13.6. The molecule has 2 aliphatic rings. The van der Waals surface area contributed by atoms with Crippen molar-refractivity contribution in [3.8, 4) is 11.1 Å². The summed E-state index contributed by atoms with van der Waals surface area (Å²) in [7, 11) is -0.365. The van der Waals surface area contributed by atoms with Gasteiger partial charge in [0.2, 0.25) is 0 Å². The fourth-order valence-corrected chi connectivity index (χ4v) is 4.65. The van der Waals surface area contributed by atoms with Crippen molar-refractivity contribution in [3.63, 3.8) is 0 Å². The first-order valence-electron chi connectivity index (χ1n) is 13.7. The van der Waals surface area contributed by atoms with E-state index in [1.54, 1.807) is 24.7 Å². The number of nitrogen functional groups attached to an aromatic ring is 2. The SMILES string of the molecule is C=C1N=c2cc(Br)c[nH+]c2=N1.CC1(C)OB(c2ccnc(N)c2)OC1(C)C.Cc1nc2ncc(-c3ccnc(N)c3)cc2[nH]1. The molecule has 1 fully saturated rings. The van der Waals surface area contributed by atoms with Crippen LogP contribution in [-0.2, 0) is 9.31 Å². The minimum Gasteiger partial charge on any atom is -0.399 e. The molecule has 44 heavy (non-hydrogen) atoms. The zero-order valence-electron chi connectivity index (χ0n) is 25.1. The molecule has 7 rings (SSSR count). The summed E-state index contributed by atoms with van der Waals surface area (Å²) < 4.78 is 12.8. The lowest BCUT2D eigenvalue weighted by Crippen LogP contribution is -2.41. The number of nitrogens with one attached hydrogen (secondary N) is 2. The van der Waals surface area contributed by atoms with E-state index in [4.69, 9.17) is 20.8 Å². The van der Waals surface area contributed by atoms with Crippen LogP contribution in [0.4, 0.5) is 11.6 Å². The van der Waals surface area contributed by atoms with Crippen molar-refractivity contribution in [1.82, 2.24) is 24.9 Å². The predicted octanol–water partition coefficient (Wildman–Crippen LogP) is 2.86. The lowest BCUT2D eigenvalue weighted by molar-refractivity contribution is -0.401. The highest BCUT2D eigenvalue weighted by Crippen LogP contribution is 2.36. The van der Waals surface area contributed by atoms with E-state index in [9.17, 15) is 0 Å². The lowest BCUT2D eigenvalue weighted by Gasteiger charge is -2.32. The molecule has 14 heteroatoms. The number of nitrogens with two attached hydrogens (primary N) is 2. The highest BCUT2D eigenvalue weighted by atomic mass is 79.9. The van der Waals surface area contributed by atoms with Crippen molar-refractivity contribution < 1.29 is 14.3 Å². The molecule has 5 aromatic rings. The molecule has 0 radical (unpaired) electrons. The maximum Gasteiger partial charge on any atom is 0.495 e. The van der Waals surface area contributed by atoms with Crippen LogP contribution in [0, 0.1) is 6.92 Å². The molecular weight excluding hydrogens is 623 g/mol. The minimum absolute atomic E-state index is 0.324. The van der Waals surface area contributed by atoms with Gasteiger partial charge in [-0.2, -0.15) is 4.99 Å². The zero-order valence-corrected chi connectivity index (χ0v) is 26.7. The Bertz CT molecular complexity index is 1960. The second-order valence-corrected chi connectivity index (χ2v) is 12.1. The third-order valence-electron chi connectivity index (χ3n) is 7.26. The van der Waals surface area contributed by atoms with Gasteiger partial charge < -0.3 is 25.8 Å². The van der Waals surface area contributed by atoms with E-state index in [0.29, 0.717) is 17.5 Å². The molecule has 0 bridgehead atoms. The first kappa shape index (κ1) is 30.9. The first-order chi connectivity index (χ1) is 20.8. The third kappa shape index (κ3) is 6.99. The van der Waals surface area contributed by atoms with Crippen molar-refractivity contribution in [2.75, 3.05) is 11.5 Å². The summed E-state index contributed by atoms with van der Waals surface area (Å²) in [5, 5.41) is 0.837. The van der Waals surface area contributed by atoms with Crippen LogP contribution in [0.15, 0.2) is 88.0 Å². The van der Waals surface area contributed by atoms with Crippen LogP contribution in [0.3, 0.4) is 0 Å². The fraction of sp³-hybridized carbons (Fsp3) is 0.233. The number of fused-ring (bicyclic) bond motifs is 2. The van der Waals surface area contributed by atoms with Gasteiger partial charge in [-0.05, 0) is 110 Å². The summed E-state index contributed by atoms with van der Waals surface area (Å²) in [6.07, 6.45) is 6.95. The predicted molar refractivity (Wildman–Crippen MR) is 173 cm³/mol. The smallest absolute Gasteiger partial charge is 0.399 e. The van der Waals surface area contributed by atoms with Crippen LogP contribution in [-0.4, -0.2) is 43.2 Å². The van der Waals surface area contributed by atoms with Crippen LogP contribution in [0.1, 0.15) is 33.5 Å². The van der Waals surface area contributed by atoms with Crippen molar-refractivity contribution in [3.05, 3.63) is 94.7 Å². The normalized spacial score (nSPS) is 15.8. The van der Waals surface area contributed by atoms with E-state index in [1.165, 1.54) is 0 Å². The number of hydrogen-bond acceptors (Lipinski definition) is 10. The van der Waals surface area contributed by atoms with Gasteiger partial charge in [0.25, 0.3) is 5.82 Å². The Hall–Kier alpha value is -4.53. The average Bonchev–Trinajstić information content (AvgIpc) is 3.58. The monoisotopic (exact) mass is 655 g/mol. The number of aromatic amines is 2. The quantitative estimate of drug-likeness (QED) is 0.243. The molecule has 12 nitrogen and oxygen atoms in total. The number of halogens is 1. The Morgan fingerprint density at radius 3 is 2.27 bits per heavy atom. The van der Waals surface area contributed by atoms with E-state index in [2.05, 4.69) is 62.4 Å². The molecule has 0 aromatic carbocycles. The van der Waals surface area contributed by atoms with E-state index < -0.39 is 0 Å². The van der Waals surface area contributed by atoms with Crippen LogP contribution < -0.4 is 32.8 Å². The van der Waals surface area contributed by atoms with E-state index in [1.807, 2.05) is 71.1 Å². The molecule has 0 unspecified atom stereocenters. The molecule has 2 aliphatic heterocycles. The number of pyridine rings is 4. The van der Waals surface area contributed by atoms with Gasteiger partial charge in [0.15, 0.2) is 11.0 Å². The Labute approximate surface area is 263 Å². The number of rotatable bonds is 2. The topological polar surface area (TPSA) is 177 Å². The van der Waals surface area contributed by atoms with Gasteiger partial charge in [-0.25, -0.2) is 24.9 Å². The molecule has 0 aliphatic carbocycles. The maximum absolute atomic E-state index is 5.90. The summed E-state index contributed by atoms with van der Waals surface area (Å²) in [4.78, 5) is 30.8. The molecule has 1 saturated heterocycles. The highest BCUT2D eigenvalue weighted by Gasteiger charge is 2.51. The maximum atomic E-state index is 5.90. The lowest BCUT2D eigenvalue weighted by atomic mass is 9.80. The van der Waals surface area contributed by atoms with Gasteiger partial charge in [-0.15, -0.1) is 0 Å². The number of aryl methyl sites for hydroxylation is 1. The van der Waals surface area contributed by atoms with Gasteiger partial charge in [0, 0.05) is 24.2 Å². The molecule has 0 amide bonds. The number of anilines is 2. The average molecular weight is 656 g/mol. The number of hydrogen-bond donors (Lipinski definition) is 3. The van der Waals surface area contributed by atoms with Crippen LogP contribution in [0.5, 0.6) is 0 Å². The fourth-order valence-electron chi connectivity index (χ4n) is 4.32. The highest BCUT2D eigenvalue weighted by molar-refractivity contribution is 9.10. The summed E-state index contributed by atoms with van der Waals surface area (Å²) in [6, 6.07) is 11.3. The van der Waals surface area contributed by atoms with Crippen LogP contribution in [0.2, 0.25) is 0 Å². The Balaban J connectivity index is 0.000000134. The standard InChI is InChI=1S/C12H11N5.C11H17BN2O2.C7H4BrN3/c1-7-16-10-4-9(6-15-12(10)17-7)8-2-3-14-11(13)5-8;1-10(2)11(3,4)16-12(15-10)8-5-6-14-9(13)7-8;1-4-10-6-2-5(8)3-9-7(6)11-4/h2-6H,1H3,(H2,13,14)(H,15,16,17);5-7H,1-4H3,(H2,13,14);2-3H,1H2/p+1. The number of nitrogens with zero attached hydrogens (tertiary/aromatic N) is 6. The first-order valence-corrected chi connectivity index (χ1v) is 14.5. The van der Waals surface area contributed by atoms with Gasteiger partial charge in [-0.3, -0.25) is 0 Å². The van der Waals surface area contributed by atoms with Gasteiger partial charge in [-0.1, -0.05) is 0 Å². The molecule has 5 aromatic heterocycles. The molecular formula is C30H33BBrN10O2+. The second-order valence-electron chi connectivity index (χ2n) is 11.2. The molecule has 0 saturated carbocycles. The van der Waals surface area contributed by atoms with Crippen molar-refractivity contribution in [1.29, 1.82) is 0 Å². The van der Waals surface area contributed by atoms with Crippen molar-refractivity contribution in [2.45, 2.75) is 45.8 Å². The Morgan fingerprint density at radius 1 is 0.909 bits per heavy atom. The van der Waals surface area contributed by atoms with Gasteiger partial charge >= 0.3 is 12.6 Å². The number of H-pyrrole nitrogens is 2. The Morgan fingerprint density at radius 2 is 1.59 bits per heavy atom. The summed E-state index contributed by atoms with van der Waals surface area (Å²) in [5.74, 6) is 2.39. The molecule has 6 N–H and O–H groups in total. The molecule has 0 spiro atoms. The van der Waals surface area contributed by atoms with Crippen LogP contribution >= 0.6 is 15.9 Å². The zero-order chi connectivity index (χ0) is 31.6. The summed E-state index contributed by atoms with van der Waals surface area (Å²) in [5.41, 5.74) is 16.0. The number of imidazole rings is 1. The second kappa shape index (κ2) is 12.2. The third-order valence-corrected chi connectivity index (χ3v) is 7.71. The number of aromatic nitrogens is 6. The van der Waals surface area contributed by atoms with Gasteiger partial charge in [0.05, 0.1) is 21.2 Å². The van der Waals surface area contributed by atoms with Crippen molar-refractivity contribution in [2.24, 2.45) is 9.98 Å². The van der Waals surface area contributed by atoms with E-state index in [0.717, 1.165) is 48.9 Å². The molecule has 0 atom stereocenters. The van der Waals surface area contributed by atoms with E-state index >= 15 is 0 Å². The van der Waals surface area contributed by atoms with Crippen molar-refractivity contribution >= 4 is 51.3 Å². The molecule has 224 valence electrons. The summed E-state index contributed by atoms with van der Waals surface area (Å²) >= 11 is 3.32.